The summed E-state index contributed by atoms with van der Waals surface area (Å²) in [5.41, 5.74) is 4.77. The van der Waals surface area contributed by atoms with Gasteiger partial charge < -0.3 is 5.32 Å². The fourth-order valence-electron chi connectivity index (χ4n) is 3.12. The average Bonchev–Trinajstić information content (AvgIpc) is 2.65. The standard InChI is InChI=1S/C23H28N4/c1-17-7-5-8-19(11-17)22-26-14-18(15-27-22)13-25-21(12-23(2,3)4)20-9-6-10-24-16-20/h5-11,14-16,21,25H,12-13H2,1-4H3/t21-/m0/s1. The van der Waals surface area contributed by atoms with Gasteiger partial charge in [-0.1, -0.05) is 50.6 Å². The Morgan fingerprint density at radius 3 is 2.41 bits per heavy atom. The molecule has 140 valence electrons. The lowest BCUT2D eigenvalue weighted by molar-refractivity contribution is 0.310. The molecule has 1 N–H and O–H groups in total. The molecule has 2 aromatic heterocycles. The predicted molar refractivity (Wildman–Crippen MR) is 110 cm³/mol. The summed E-state index contributed by atoms with van der Waals surface area (Å²) in [6.07, 6.45) is 8.61. The zero-order valence-electron chi connectivity index (χ0n) is 16.6. The molecule has 2 heterocycles. The van der Waals surface area contributed by atoms with Crippen molar-refractivity contribution < 1.29 is 0 Å². The highest BCUT2D eigenvalue weighted by molar-refractivity contribution is 5.55. The molecule has 0 saturated carbocycles. The lowest BCUT2D eigenvalue weighted by Gasteiger charge is -2.27. The number of hydrogen-bond donors (Lipinski definition) is 1. The van der Waals surface area contributed by atoms with Gasteiger partial charge in [0.1, 0.15) is 0 Å². The first-order valence-electron chi connectivity index (χ1n) is 9.42. The molecule has 0 saturated heterocycles. The molecule has 3 aromatic rings. The van der Waals surface area contributed by atoms with Crippen molar-refractivity contribution in [2.45, 2.75) is 46.7 Å². The lowest BCUT2D eigenvalue weighted by Crippen LogP contribution is -2.25. The largest absolute Gasteiger partial charge is 0.306 e. The van der Waals surface area contributed by atoms with Crippen LogP contribution in [0.2, 0.25) is 0 Å². The fourth-order valence-corrected chi connectivity index (χ4v) is 3.12. The molecular formula is C23H28N4. The molecule has 0 aliphatic rings. The summed E-state index contributed by atoms with van der Waals surface area (Å²) in [4.78, 5) is 13.4. The minimum absolute atomic E-state index is 0.221. The van der Waals surface area contributed by atoms with Crippen LogP contribution in [0.5, 0.6) is 0 Å². The fraction of sp³-hybridized carbons (Fsp3) is 0.348. The van der Waals surface area contributed by atoms with Crippen LogP contribution in [0.1, 0.15) is 49.9 Å². The van der Waals surface area contributed by atoms with Gasteiger partial charge in [-0.25, -0.2) is 9.97 Å². The van der Waals surface area contributed by atoms with Gasteiger partial charge >= 0.3 is 0 Å². The number of nitrogens with one attached hydrogen (secondary N) is 1. The summed E-state index contributed by atoms with van der Waals surface area (Å²) in [5.74, 6) is 0.765. The molecule has 4 nitrogen and oxygen atoms in total. The number of aromatic nitrogens is 3. The Balaban J connectivity index is 1.70. The monoisotopic (exact) mass is 360 g/mol. The van der Waals surface area contributed by atoms with Crippen LogP contribution < -0.4 is 5.32 Å². The van der Waals surface area contributed by atoms with Gasteiger partial charge in [-0.15, -0.1) is 0 Å². The molecule has 0 aliphatic heterocycles. The number of hydrogen-bond acceptors (Lipinski definition) is 4. The Bertz CT molecular complexity index is 852. The molecule has 0 spiro atoms. The van der Waals surface area contributed by atoms with E-state index in [4.69, 9.17) is 0 Å². The first kappa shape index (κ1) is 19.2. The third kappa shape index (κ3) is 5.69. The predicted octanol–water partition coefficient (Wildman–Crippen LogP) is 5.11. The molecule has 0 aliphatic carbocycles. The van der Waals surface area contributed by atoms with E-state index in [-0.39, 0.29) is 11.5 Å². The molecule has 27 heavy (non-hydrogen) atoms. The van der Waals surface area contributed by atoms with E-state index in [1.54, 1.807) is 0 Å². The van der Waals surface area contributed by atoms with E-state index in [2.05, 4.69) is 66.2 Å². The van der Waals surface area contributed by atoms with E-state index in [1.165, 1.54) is 11.1 Å². The second-order valence-corrected chi connectivity index (χ2v) is 8.27. The maximum atomic E-state index is 4.55. The first-order chi connectivity index (χ1) is 12.9. The SMILES string of the molecule is Cc1cccc(-c2ncc(CN[C@@H](CC(C)(C)C)c3cccnc3)cn2)c1. The van der Waals surface area contributed by atoms with Crippen LogP contribution in [0.3, 0.4) is 0 Å². The summed E-state index contributed by atoms with van der Waals surface area (Å²) >= 11 is 0. The van der Waals surface area contributed by atoms with E-state index >= 15 is 0 Å². The van der Waals surface area contributed by atoms with Crippen molar-refractivity contribution in [3.05, 3.63) is 77.9 Å². The van der Waals surface area contributed by atoms with Crippen LogP contribution in [-0.2, 0) is 6.54 Å². The molecule has 0 bridgehead atoms. The minimum Gasteiger partial charge on any atom is -0.306 e. The number of aryl methyl sites for hydroxylation is 1. The second-order valence-electron chi connectivity index (χ2n) is 8.27. The van der Waals surface area contributed by atoms with Crippen LogP contribution in [-0.4, -0.2) is 15.0 Å². The zero-order chi connectivity index (χ0) is 19.3. The summed E-state index contributed by atoms with van der Waals surface area (Å²) in [7, 11) is 0. The van der Waals surface area contributed by atoms with E-state index < -0.39 is 0 Å². The topological polar surface area (TPSA) is 50.7 Å². The van der Waals surface area contributed by atoms with Crippen molar-refractivity contribution in [2.24, 2.45) is 5.41 Å². The van der Waals surface area contributed by atoms with Crippen molar-refractivity contribution in [1.29, 1.82) is 0 Å². The van der Waals surface area contributed by atoms with Gasteiger partial charge in [-0.05, 0) is 36.5 Å². The normalized spacial score (nSPS) is 12.7. The maximum Gasteiger partial charge on any atom is 0.159 e. The Morgan fingerprint density at radius 1 is 1.00 bits per heavy atom. The van der Waals surface area contributed by atoms with Gasteiger partial charge in [-0.2, -0.15) is 0 Å². The van der Waals surface area contributed by atoms with E-state index in [1.807, 2.05) is 43.0 Å². The van der Waals surface area contributed by atoms with E-state index in [9.17, 15) is 0 Å². The van der Waals surface area contributed by atoms with Crippen molar-refractivity contribution in [2.75, 3.05) is 0 Å². The number of pyridine rings is 1. The number of rotatable bonds is 6. The summed E-state index contributed by atoms with van der Waals surface area (Å²) in [5, 5.41) is 3.66. The molecule has 0 unspecified atom stereocenters. The Labute approximate surface area is 162 Å². The van der Waals surface area contributed by atoms with Crippen molar-refractivity contribution in [3.63, 3.8) is 0 Å². The van der Waals surface area contributed by atoms with Gasteiger partial charge in [-0.3, -0.25) is 4.98 Å². The van der Waals surface area contributed by atoms with Crippen LogP contribution in [0, 0.1) is 12.3 Å². The minimum atomic E-state index is 0.221. The number of benzene rings is 1. The van der Waals surface area contributed by atoms with Crippen LogP contribution in [0.4, 0.5) is 0 Å². The summed E-state index contributed by atoms with van der Waals surface area (Å²) < 4.78 is 0. The highest BCUT2D eigenvalue weighted by Gasteiger charge is 2.20. The van der Waals surface area contributed by atoms with Gasteiger partial charge in [0.05, 0.1) is 0 Å². The Hall–Kier alpha value is -2.59. The van der Waals surface area contributed by atoms with E-state index in [0.29, 0.717) is 0 Å². The molecule has 1 aromatic carbocycles. The molecule has 1 atom stereocenters. The lowest BCUT2D eigenvalue weighted by atomic mass is 9.86. The van der Waals surface area contributed by atoms with Crippen molar-refractivity contribution in [1.82, 2.24) is 20.3 Å². The van der Waals surface area contributed by atoms with Gasteiger partial charge in [0.25, 0.3) is 0 Å². The molecule has 0 radical (unpaired) electrons. The highest BCUT2D eigenvalue weighted by Crippen LogP contribution is 2.29. The van der Waals surface area contributed by atoms with Crippen molar-refractivity contribution >= 4 is 0 Å². The van der Waals surface area contributed by atoms with Crippen LogP contribution in [0.25, 0.3) is 11.4 Å². The quantitative estimate of drug-likeness (QED) is 0.663. The molecule has 0 fully saturated rings. The zero-order valence-corrected chi connectivity index (χ0v) is 16.6. The summed E-state index contributed by atoms with van der Waals surface area (Å²) in [6, 6.07) is 12.6. The Morgan fingerprint density at radius 2 is 1.78 bits per heavy atom. The summed E-state index contributed by atoms with van der Waals surface area (Å²) in [6.45, 7) is 9.59. The van der Waals surface area contributed by atoms with E-state index in [0.717, 1.165) is 29.9 Å². The molecule has 0 amide bonds. The third-order valence-corrected chi connectivity index (χ3v) is 4.44. The van der Waals surface area contributed by atoms with Crippen LogP contribution >= 0.6 is 0 Å². The maximum absolute atomic E-state index is 4.55. The average molecular weight is 361 g/mol. The molecule has 4 heteroatoms. The third-order valence-electron chi connectivity index (χ3n) is 4.44. The van der Waals surface area contributed by atoms with Gasteiger partial charge in [0.15, 0.2) is 5.82 Å². The number of nitrogens with zero attached hydrogens (tertiary/aromatic N) is 3. The smallest absolute Gasteiger partial charge is 0.159 e. The molecular weight excluding hydrogens is 332 g/mol. The first-order valence-corrected chi connectivity index (χ1v) is 9.42. The highest BCUT2D eigenvalue weighted by atomic mass is 14.9. The Kier molecular flexibility index (Phi) is 5.97. The van der Waals surface area contributed by atoms with Crippen LogP contribution in [0.15, 0.2) is 61.2 Å². The van der Waals surface area contributed by atoms with Gasteiger partial charge in [0, 0.05) is 48.5 Å². The van der Waals surface area contributed by atoms with Gasteiger partial charge in [0.2, 0.25) is 0 Å². The second kappa shape index (κ2) is 8.40. The molecule has 3 rings (SSSR count). The van der Waals surface area contributed by atoms with Crippen molar-refractivity contribution in [3.8, 4) is 11.4 Å².